The third-order valence-electron chi connectivity index (χ3n) is 18.3. The zero-order valence-electron chi connectivity index (χ0n) is 50.7. The van der Waals surface area contributed by atoms with Gasteiger partial charge in [0.05, 0.1) is 85.1 Å². The van der Waals surface area contributed by atoms with Crippen LogP contribution >= 0.6 is 11.6 Å². The minimum atomic E-state index is -2.40. The van der Waals surface area contributed by atoms with Crippen LogP contribution in [0.5, 0.6) is 0 Å². The lowest BCUT2D eigenvalue weighted by molar-refractivity contribution is -0.351. The van der Waals surface area contributed by atoms with Crippen molar-refractivity contribution in [1.82, 2.24) is 0 Å². The summed E-state index contributed by atoms with van der Waals surface area (Å²) in [5, 5.41) is 82.6. The van der Waals surface area contributed by atoms with Crippen LogP contribution in [0.4, 0.5) is 0 Å². The Kier molecular flexibility index (Phi) is 23.5. The molecule has 21 nitrogen and oxygen atoms in total. The van der Waals surface area contributed by atoms with Crippen molar-refractivity contribution in [3.05, 3.63) is 60.2 Å². The average Bonchev–Trinajstić information content (AvgIpc) is 1.35. The second-order valence-corrected chi connectivity index (χ2v) is 26.4. The van der Waals surface area contributed by atoms with Gasteiger partial charge in [0, 0.05) is 108 Å². The maximum atomic E-state index is 14.5. The number of hydrogen-bond donors (Lipinski definition) is 7. The molecule has 7 N–H and O–H groups in total. The summed E-state index contributed by atoms with van der Waals surface area (Å²) >= 11 is 5.89. The number of fused-ring (bicyclic) bond motifs is 8. The summed E-state index contributed by atoms with van der Waals surface area (Å²) in [6.07, 6.45) is -8.69. The number of methoxy groups -OCH3 is 1. The highest BCUT2D eigenvalue weighted by Gasteiger charge is 2.58. The van der Waals surface area contributed by atoms with E-state index in [9.17, 15) is 54.9 Å². The Balaban J connectivity index is 1.22. The molecule has 0 radical (unpaired) electrons. The number of aliphatic hydroxyl groups excluding tert-OH is 5. The molecule has 0 saturated carbocycles. The third-order valence-corrected chi connectivity index (χ3v) is 18.4. The molecule has 6 saturated heterocycles. The largest absolute Gasteiger partial charge is 0.462 e. The number of carbonyl (C=O) groups excluding carboxylic acids is 4. The average molecular weight is 1220 g/mol. The Morgan fingerprint density at radius 3 is 2.15 bits per heavy atom. The molecule has 85 heavy (non-hydrogen) atoms. The van der Waals surface area contributed by atoms with E-state index in [1.165, 1.54) is 26.0 Å². The predicted octanol–water partition coefficient (Wildman–Crippen LogP) is 5.91. The molecule has 0 aliphatic carbocycles. The van der Waals surface area contributed by atoms with Crippen LogP contribution in [-0.4, -0.2) is 187 Å². The molecule has 7 rings (SSSR count). The smallest absolute Gasteiger partial charge is 0.308 e. The summed E-state index contributed by atoms with van der Waals surface area (Å²) < 4.78 is 63.4. The standard InChI is InChI=1S/C63H95ClO21/c1-33(19-42(67)18-17-35(3)64)20-53-55(72)57-39(7)58(79-53)59(73)63(75)31-51(70)37(5)52(85-63)16-14-12-13-15-44-22-43(68)27-61(81-44)29-47(76-11)23-45(82-61)25-50(69)38(6)56(78-41(9)66)36(4)34(2)21-49-28-60(10,74)32-62(84-49)30-48(77-40(8)65)24-46(83-62)26-54(71)80-57/h13,15,17-18,36-39,42-49,51-53,55-59,67-68,70,72-75H,1-3,12,14,16,19-32H2,4-11H3/t36-,37-,38-,39?,42?,43+,44?,45+,46-,47+,48+,49?,51+,52-,53?,55-,56+,57?,58-,59+,60+,61-,62-,63-/m1/s1. The first kappa shape index (κ1) is 69.0. The molecule has 0 amide bonds. The fourth-order valence-corrected chi connectivity index (χ4v) is 14.2. The van der Waals surface area contributed by atoms with Gasteiger partial charge < -0.3 is 83.1 Å². The number of aliphatic hydroxyl groups is 7. The van der Waals surface area contributed by atoms with Crippen LogP contribution in [0.15, 0.2) is 60.2 Å². The van der Waals surface area contributed by atoms with Crippen molar-refractivity contribution < 1.29 is 102 Å². The van der Waals surface area contributed by atoms with Crippen molar-refractivity contribution in [2.24, 2.45) is 23.7 Å². The molecule has 0 aromatic heterocycles. The van der Waals surface area contributed by atoms with Crippen LogP contribution in [0.3, 0.4) is 0 Å². The van der Waals surface area contributed by atoms with Crippen LogP contribution in [0, 0.1) is 23.7 Å². The number of allylic oxidation sites excluding steroid dienone is 3. The number of ether oxygens (including phenoxy) is 10. The number of carbonyl (C=O) groups is 4. The van der Waals surface area contributed by atoms with Crippen molar-refractivity contribution >= 4 is 35.3 Å². The van der Waals surface area contributed by atoms with Crippen LogP contribution in [0.1, 0.15) is 158 Å². The van der Waals surface area contributed by atoms with Crippen molar-refractivity contribution in [3.8, 4) is 0 Å². The summed E-state index contributed by atoms with van der Waals surface area (Å²) in [6.45, 7) is 23.1. The number of Topliss-reactive ketones (excluding diaryl/α,β-unsaturated/α-hetero) is 1. The lowest BCUT2D eigenvalue weighted by atomic mass is 9.78. The predicted molar refractivity (Wildman–Crippen MR) is 308 cm³/mol. The molecular formula is C63H95ClO21. The molecular weight excluding hydrogens is 1130 g/mol. The first-order valence-corrected chi connectivity index (χ1v) is 30.7. The second-order valence-electron chi connectivity index (χ2n) is 25.9. The molecule has 6 fully saturated rings. The van der Waals surface area contributed by atoms with Crippen LogP contribution in [0.25, 0.3) is 0 Å². The zero-order chi connectivity index (χ0) is 62.5. The van der Waals surface area contributed by atoms with Crippen LogP contribution in [-0.2, 0) is 66.5 Å². The molecule has 6 unspecified atom stereocenters. The van der Waals surface area contributed by atoms with Gasteiger partial charge in [0.2, 0.25) is 0 Å². The maximum absolute atomic E-state index is 14.5. The van der Waals surface area contributed by atoms with Crippen LogP contribution < -0.4 is 0 Å². The number of ketones is 1. The van der Waals surface area contributed by atoms with E-state index < -0.39 is 169 Å². The zero-order valence-corrected chi connectivity index (χ0v) is 51.5. The Bertz CT molecular complexity index is 2430. The highest BCUT2D eigenvalue weighted by Crippen LogP contribution is 2.48. The molecule has 0 aromatic rings. The molecule has 480 valence electrons. The number of rotatable bonds is 9. The third kappa shape index (κ3) is 18.1. The SMILES string of the molecule is C=C(Cl)C=CC(O)CC(=C)CC1O[C@@H]2C(C)C(OC(=O)C[C@H]3C[C@H](OC(C)=O)C[C@@]4(C[C@@](C)(O)CC(CC(=C)[C@@H](C)[C@H](OC(C)=O)[C@H](C)C(=O)C[C@@H]5C[C@H](OC)C[C@@]6(C[C@@H](O)CC(C=CCCC[C@H]7O[C@](O)(C[C@H](O)[C@H]7C)[C@H]2O)O6)O5)O4)O3)[C@@H]1O. The van der Waals surface area contributed by atoms with Gasteiger partial charge in [-0.25, -0.2) is 0 Å². The van der Waals surface area contributed by atoms with Crippen molar-refractivity contribution in [2.75, 3.05) is 7.11 Å². The van der Waals surface area contributed by atoms with Gasteiger partial charge in [0.25, 0.3) is 0 Å². The van der Waals surface area contributed by atoms with E-state index >= 15 is 0 Å². The highest BCUT2D eigenvalue weighted by molar-refractivity contribution is 6.30. The number of hydrogen-bond acceptors (Lipinski definition) is 21. The van der Waals surface area contributed by atoms with Crippen molar-refractivity contribution in [2.45, 2.75) is 278 Å². The molecule has 2 spiro atoms. The van der Waals surface area contributed by atoms with Gasteiger partial charge in [-0.15, -0.1) is 0 Å². The van der Waals surface area contributed by atoms with E-state index in [1.807, 2.05) is 12.2 Å². The monoisotopic (exact) mass is 1220 g/mol. The number of esters is 3. The minimum Gasteiger partial charge on any atom is -0.462 e. The molecule has 7 aliphatic rings. The fraction of sp³-hybridized carbons (Fsp3) is 0.778. The van der Waals surface area contributed by atoms with E-state index in [2.05, 4.69) is 19.7 Å². The van der Waals surface area contributed by atoms with Crippen LogP contribution in [0.2, 0.25) is 0 Å². The lowest BCUT2D eigenvalue weighted by Gasteiger charge is -2.52. The Labute approximate surface area is 505 Å². The quantitative estimate of drug-likeness (QED) is 0.0611. The summed E-state index contributed by atoms with van der Waals surface area (Å²) in [6, 6.07) is 0. The maximum Gasteiger partial charge on any atom is 0.308 e. The molecule has 10 bridgehead atoms. The molecule has 7 aliphatic heterocycles. The summed E-state index contributed by atoms with van der Waals surface area (Å²) in [7, 11) is 1.57. The van der Waals surface area contributed by atoms with Gasteiger partial charge in [-0.05, 0) is 51.5 Å². The molecule has 22 heteroatoms. The fourth-order valence-electron chi connectivity index (χ4n) is 14.1. The summed E-state index contributed by atoms with van der Waals surface area (Å²) in [5.74, 6) is -10.7. The summed E-state index contributed by atoms with van der Waals surface area (Å²) in [5.41, 5.74) is -0.508. The van der Waals surface area contributed by atoms with E-state index in [4.69, 9.17) is 59.0 Å². The highest BCUT2D eigenvalue weighted by atomic mass is 35.5. The van der Waals surface area contributed by atoms with E-state index in [0.717, 1.165) is 0 Å². The van der Waals surface area contributed by atoms with Gasteiger partial charge in [-0.2, -0.15) is 0 Å². The van der Waals surface area contributed by atoms with E-state index in [1.54, 1.807) is 41.7 Å². The van der Waals surface area contributed by atoms with Crippen molar-refractivity contribution in [1.29, 1.82) is 0 Å². The van der Waals surface area contributed by atoms with Gasteiger partial charge in [0.1, 0.15) is 36.3 Å². The van der Waals surface area contributed by atoms with E-state index in [-0.39, 0.29) is 81.1 Å². The first-order chi connectivity index (χ1) is 39.8. The van der Waals surface area contributed by atoms with Gasteiger partial charge in [-0.1, -0.05) is 88.4 Å². The Hall–Kier alpha value is -3.49. The first-order valence-electron chi connectivity index (χ1n) is 30.3. The molecule has 24 atom stereocenters. The van der Waals surface area contributed by atoms with E-state index in [0.29, 0.717) is 43.3 Å². The van der Waals surface area contributed by atoms with Gasteiger partial charge in [-0.3, -0.25) is 19.2 Å². The van der Waals surface area contributed by atoms with Crippen molar-refractivity contribution in [3.63, 3.8) is 0 Å². The summed E-state index contributed by atoms with van der Waals surface area (Å²) in [4.78, 5) is 54.3. The Morgan fingerprint density at radius 2 is 1.47 bits per heavy atom. The Morgan fingerprint density at radius 1 is 0.812 bits per heavy atom. The second kappa shape index (κ2) is 29.0. The topological polar surface area (TPSA) is 302 Å². The number of halogens is 1. The van der Waals surface area contributed by atoms with Gasteiger partial charge >= 0.3 is 17.9 Å². The molecule has 0 aromatic carbocycles. The molecule has 7 heterocycles. The van der Waals surface area contributed by atoms with Gasteiger partial charge in [0.15, 0.2) is 17.4 Å². The minimum absolute atomic E-state index is 0.00321. The normalized spacial score (nSPS) is 44.1. The lowest BCUT2D eigenvalue weighted by Crippen LogP contribution is -2.65.